The number of rotatable bonds is 6. The summed E-state index contributed by atoms with van der Waals surface area (Å²) < 4.78 is 5.45. The van der Waals surface area contributed by atoms with Crippen molar-refractivity contribution in [2.75, 3.05) is 33.3 Å². The van der Waals surface area contributed by atoms with Crippen molar-refractivity contribution in [3.8, 4) is 0 Å². The molecule has 0 spiro atoms. The van der Waals surface area contributed by atoms with Gasteiger partial charge in [-0.15, -0.1) is 0 Å². The fourth-order valence-electron chi connectivity index (χ4n) is 2.91. The fourth-order valence-corrected chi connectivity index (χ4v) is 2.91. The van der Waals surface area contributed by atoms with Crippen molar-refractivity contribution in [3.63, 3.8) is 0 Å². The minimum Gasteiger partial charge on any atom is -0.380 e. The molecule has 0 radical (unpaired) electrons. The summed E-state index contributed by atoms with van der Waals surface area (Å²) in [4.78, 5) is 2.51. The molecule has 1 aliphatic heterocycles. The Balaban J connectivity index is 2.03. The van der Waals surface area contributed by atoms with Crippen LogP contribution in [0.2, 0.25) is 0 Å². The smallest absolute Gasteiger partial charge is 0.0710 e. The Morgan fingerprint density at radius 2 is 2.21 bits per heavy atom. The average molecular weight is 262 g/mol. The number of nitrogens with zero attached hydrogens (tertiary/aromatic N) is 1. The summed E-state index contributed by atoms with van der Waals surface area (Å²) in [5, 5.41) is 3.62. The van der Waals surface area contributed by atoms with Gasteiger partial charge < -0.3 is 10.1 Å². The van der Waals surface area contributed by atoms with Crippen molar-refractivity contribution in [1.29, 1.82) is 0 Å². The number of aryl methyl sites for hydroxylation is 1. The molecule has 2 unspecified atom stereocenters. The molecule has 1 aromatic rings. The van der Waals surface area contributed by atoms with E-state index in [2.05, 4.69) is 48.3 Å². The monoisotopic (exact) mass is 262 g/mol. The van der Waals surface area contributed by atoms with E-state index in [0.717, 1.165) is 32.6 Å². The number of benzene rings is 1. The third-order valence-electron chi connectivity index (χ3n) is 4.02. The second-order valence-electron chi connectivity index (χ2n) is 5.37. The third kappa shape index (κ3) is 3.78. The lowest BCUT2D eigenvalue weighted by Crippen LogP contribution is -2.35. The summed E-state index contributed by atoms with van der Waals surface area (Å²) in [6.07, 6.45) is 1.57. The number of methoxy groups -OCH3 is 1. The molecular formula is C16H26N2O. The quantitative estimate of drug-likeness (QED) is 0.852. The summed E-state index contributed by atoms with van der Waals surface area (Å²) in [6.45, 7) is 8.64. The molecule has 19 heavy (non-hydrogen) atoms. The zero-order chi connectivity index (χ0) is 13.7. The molecule has 1 N–H and O–H groups in total. The predicted octanol–water partition coefficient (Wildman–Crippen LogP) is 2.37. The Labute approximate surface area is 116 Å². The van der Waals surface area contributed by atoms with Crippen LogP contribution in [0.15, 0.2) is 24.3 Å². The van der Waals surface area contributed by atoms with Crippen molar-refractivity contribution < 1.29 is 4.74 Å². The first kappa shape index (κ1) is 14.5. The zero-order valence-corrected chi connectivity index (χ0v) is 12.4. The molecule has 1 saturated heterocycles. The minimum atomic E-state index is 0.416. The Hall–Kier alpha value is -0.900. The molecule has 1 aromatic carbocycles. The maximum absolute atomic E-state index is 5.45. The van der Waals surface area contributed by atoms with Crippen LogP contribution in [0, 0.1) is 6.92 Å². The zero-order valence-electron chi connectivity index (χ0n) is 12.4. The van der Waals surface area contributed by atoms with E-state index in [0.29, 0.717) is 12.1 Å². The van der Waals surface area contributed by atoms with Gasteiger partial charge in [0.2, 0.25) is 0 Å². The highest BCUT2D eigenvalue weighted by atomic mass is 16.5. The van der Waals surface area contributed by atoms with E-state index >= 15 is 0 Å². The van der Waals surface area contributed by atoms with Gasteiger partial charge in [0, 0.05) is 32.8 Å². The first-order valence-corrected chi connectivity index (χ1v) is 7.28. The highest BCUT2D eigenvalue weighted by Gasteiger charge is 2.25. The van der Waals surface area contributed by atoms with Gasteiger partial charge in [0.25, 0.3) is 0 Å². The third-order valence-corrected chi connectivity index (χ3v) is 4.02. The van der Waals surface area contributed by atoms with E-state index in [9.17, 15) is 0 Å². The van der Waals surface area contributed by atoms with E-state index in [4.69, 9.17) is 4.74 Å². The molecule has 1 heterocycles. The number of likely N-dealkylation sites (N-methyl/N-ethyl adjacent to an activating group) is 1. The van der Waals surface area contributed by atoms with E-state index in [1.54, 1.807) is 0 Å². The highest BCUT2D eigenvalue weighted by Crippen LogP contribution is 2.21. The Morgan fingerprint density at radius 3 is 2.84 bits per heavy atom. The minimum absolute atomic E-state index is 0.416. The SMILES string of the molecule is CCNC(CN1CCC(OC)C1)c1ccccc1C. The molecule has 3 heteroatoms. The van der Waals surface area contributed by atoms with Gasteiger partial charge in [-0.1, -0.05) is 31.2 Å². The van der Waals surface area contributed by atoms with Crippen LogP contribution in [0.4, 0.5) is 0 Å². The van der Waals surface area contributed by atoms with Gasteiger partial charge in [0.1, 0.15) is 0 Å². The standard InChI is InChI=1S/C16H26N2O/c1-4-17-16(15-8-6-5-7-13(15)2)12-18-10-9-14(11-18)19-3/h5-8,14,16-17H,4,9-12H2,1-3H3. The molecule has 106 valence electrons. The number of likely N-dealkylation sites (tertiary alicyclic amines) is 1. The second-order valence-corrected chi connectivity index (χ2v) is 5.37. The van der Waals surface area contributed by atoms with Crippen LogP contribution in [0.25, 0.3) is 0 Å². The molecular weight excluding hydrogens is 236 g/mol. The van der Waals surface area contributed by atoms with Crippen LogP contribution >= 0.6 is 0 Å². The van der Waals surface area contributed by atoms with Gasteiger partial charge in [0.15, 0.2) is 0 Å². The van der Waals surface area contributed by atoms with Crippen LogP contribution in [0.3, 0.4) is 0 Å². The number of ether oxygens (including phenoxy) is 1. The number of nitrogens with one attached hydrogen (secondary N) is 1. The van der Waals surface area contributed by atoms with Gasteiger partial charge in [-0.25, -0.2) is 0 Å². The van der Waals surface area contributed by atoms with Crippen LogP contribution in [-0.2, 0) is 4.74 Å². The Kier molecular flexibility index (Phi) is 5.37. The number of hydrogen-bond donors (Lipinski definition) is 1. The second kappa shape index (κ2) is 7.04. The molecule has 2 atom stereocenters. The molecule has 0 saturated carbocycles. The van der Waals surface area contributed by atoms with Crippen molar-refractivity contribution in [3.05, 3.63) is 35.4 Å². The lowest BCUT2D eigenvalue weighted by molar-refractivity contribution is 0.106. The summed E-state index contributed by atoms with van der Waals surface area (Å²) in [7, 11) is 1.82. The van der Waals surface area contributed by atoms with Crippen molar-refractivity contribution in [2.45, 2.75) is 32.4 Å². The van der Waals surface area contributed by atoms with E-state index in [-0.39, 0.29) is 0 Å². The molecule has 1 fully saturated rings. The molecule has 0 bridgehead atoms. The summed E-state index contributed by atoms with van der Waals surface area (Å²) in [6, 6.07) is 9.10. The van der Waals surface area contributed by atoms with Crippen molar-refractivity contribution in [2.24, 2.45) is 0 Å². The van der Waals surface area contributed by atoms with Gasteiger partial charge in [-0.05, 0) is 31.0 Å². The van der Waals surface area contributed by atoms with Crippen LogP contribution in [0.5, 0.6) is 0 Å². The van der Waals surface area contributed by atoms with Gasteiger partial charge in [0.05, 0.1) is 6.10 Å². The van der Waals surface area contributed by atoms with Gasteiger partial charge >= 0.3 is 0 Å². The van der Waals surface area contributed by atoms with Crippen LogP contribution < -0.4 is 5.32 Å². The predicted molar refractivity (Wildman–Crippen MR) is 79.5 cm³/mol. The molecule has 0 aliphatic carbocycles. The largest absolute Gasteiger partial charge is 0.380 e. The molecule has 0 aromatic heterocycles. The average Bonchev–Trinajstić information content (AvgIpc) is 2.87. The highest BCUT2D eigenvalue weighted by molar-refractivity contribution is 5.29. The molecule has 3 nitrogen and oxygen atoms in total. The maximum atomic E-state index is 5.45. The summed E-state index contributed by atoms with van der Waals surface area (Å²) in [5.41, 5.74) is 2.79. The lowest BCUT2D eigenvalue weighted by Gasteiger charge is -2.26. The van der Waals surface area contributed by atoms with Gasteiger partial charge in [-0.3, -0.25) is 4.90 Å². The van der Waals surface area contributed by atoms with E-state index in [1.165, 1.54) is 11.1 Å². The maximum Gasteiger partial charge on any atom is 0.0710 e. The Morgan fingerprint density at radius 1 is 1.42 bits per heavy atom. The van der Waals surface area contributed by atoms with Crippen LogP contribution in [-0.4, -0.2) is 44.3 Å². The van der Waals surface area contributed by atoms with Crippen molar-refractivity contribution >= 4 is 0 Å². The summed E-state index contributed by atoms with van der Waals surface area (Å²) >= 11 is 0. The number of hydrogen-bond acceptors (Lipinski definition) is 3. The molecule has 1 aliphatic rings. The Bertz CT molecular complexity index is 394. The first-order valence-electron chi connectivity index (χ1n) is 7.28. The van der Waals surface area contributed by atoms with Crippen molar-refractivity contribution in [1.82, 2.24) is 10.2 Å². The lowest BCUT2D eigenvalue weighted by atomic mass is 10.0. The summed E-state index contributed by atoms with van der Waals surface area (Å²) in [5.74, 6) is 0. The first-order chi connectivity index (χ1) is 9.24. The molecule has 2 rings (SSSR count). The van der Waals surface area contributed by atoms with E-state index in [1.807, 2.05) is 7.11 Å². The van der Waals surface area contributed by atoms with Crippen LogP contribution in [0.1, 0.15) is 30.5 Å². The normalized spacial score (nSPS) is 21.7. The van der Waals surface area contributed by atoms with E-state index < -0.39 is 0 Å². The molecule has 0 amide bonds. The van der Waals surface area contributed by atoms with Gasteiger partial charge in [-0.2, -0.15) is 0 Å². The topological polar surface area (TPSA) is 24.5 Å². The fraction of sp³-hybridized carbons (Fsp3) is 0.625.